The molecule has 0 aromatic heterocycles. The van der Waals surface area contributed by atoms with Crippen LogP contribution in [-0.4, -0.2) is 24.8 Å². The van der Waals surface area contributed by atoms with E-state index in [2.05, 4.69) is 22.9 Å². The monoisotopic (exact) mass is 359 g/mol. The van der Waals surface area contributed by atoms with E-state index in [1.807, 2.05) is 0 Å². The summed E-state index contributed by atoms with van der Waals surface area (Å²) in [5, 5.41) is 8.81. The number of hydrogen-bond donors (Lipinski definition) is 2. The van der Waals surface area contributed by atoms with Gasteiger partial charge in [0.25, 0.3) is 0 Å². The summed E-state index contributed by atoms with van der Waals surface area (Å²) in [5.74, 6) is 0.245. The van der Waals surface area contributed by atoms with Crippen molar-refractivity contribution >= 4 is 21.9 Å². The van der Waals surface area contributed by atoms with Crippen molar-refractivity contribution in [2.24, 2.45) is 5.73 Å². The number of ether oxygens (including phenoxy) is 2. The molecule has 1 atom stereocenters. The second-order valence-electron chi connectivity index (χ2n) is 4.79. The number of methoxy groups -OCH3 is 1. The molecule has 0 amide bonds. The third-order valence-electron chi connectivity index (χ3n) is 3.07. The molecule has 21 heavy (non-hydrogen) atoms. The Balaban J connectivity index is 2.88. The highest BCUT2D eigenvalue weighted by atomic mass is 79.9. The van der Waals surface area contributed by atoms with Crippen LogP contribution in [0.3, 0.4) is 0 Å². The largest absolute Gasteiger partial charge is 0.493 e. The van der Waals surface area contributed by atoms with E-state index in [1.165, 1.54) is 0 Å². The maximum atomic E-state index is 10.7. The van der Waals surface area contributed by atoms with Gasteiger partial charge in [0, 0.05) is 6.04 Å². The Morgan fingerprint density at radius 3 is 2.71 bits per heavy atom. The maximum Gasteiger partial charge on any atom is 0.305 e. The van der Waals surface area contributed by atoms with Crippen LogP contribution >= 0.6 is 15.9 Å². The Hall–Kier alpha value is -1.27. The third-order valence-corrected chi connectivity index (χ3v) is 3.66. The van der Waals surface area contributed by atoms with Gasteiger partial charge in [0.15, 0.2) is 11.5 Å². The van der Waals surface area contributed by atoms with Gasteiger partial charge in [0.05, 0.1) is 24.6 Å². The highest BCUT2D eigenvalue weighted by Gasteiger charge is 2.17. The molecular weight excluding hydrogens is 338 g/mol. The predicted molar refractivity (Wildman–Crippen MR) is 84.9 cm³/mol. The van der Waals surface area contributed by atoms with E-state index in [1.54, 1.807) is 19.2 Å². The van der Waals surface area contributed by atoms with Gasteiger partial charge in [-0.2, -0.15) is 0 Å². The zero-order valence-electron chi connectivity index (χ0n) is 12.4. The normalized spacial score (nSPS) is 12.0. The lowest BCUT2D eigenvalue weighted by atomic mass is 10.0. The molecule has 0 spiro atoms. The Bertz CT molecular complexity index is 479. The Morgan fingerprint density at radius 2 is 2.14 bits per heavy atom. The molecule has 1 aromatic carbocycles. The molecule has 1 unspecified atom stereocenters. The standard InChI is InChI=1S/C15H22BrNO4/c1-3-4-5-6-21-15-11(16)7-10(8-13(15)20-2)12(17)9-14(18)19/h7-8,12H,3-6,9,17H2,1-2H3,(H,18,19). The topological polar surface area (TPSA) is 81.8 Å². The highest BCUT2D eigenvalue weighted by molar-refractivity contribution is 9.10. The summed E-state index contributed by atoms with van der Waals surface area (Å²) in [4.78, 5) is 10.7. The number of aliphatic carboxylic acids is 1. The molecular formula is C15H22BrNO4. The molecule has 3 N–H and O–H groups in total. The minimum absolute atomic E-state index is 0.133. The van der Waals surface area contributed by atoms with Gasteiger partial charge < -0.3 is 20.3 Å². The van der Waals surface area contributed by atoms with Crippen LogP contribution in [0.15, 0.2) is 16.6 Å². The van der Waals surface area contributed by atoms with E-state index in [0.29, 0.717) is 28.1 Å². The molecule has 0 saturated carbocycles. The third kappa shape index (κ3) is 5.55. The molecule has 0 saturated heterocycles. The Kier molecular flexibility index (Phi) is 7.53. The van der Waals surface area contributed by atoms with Crippen molar-refractivity contribution in [3.05, 3.63) is 22.2 Å². The van der Waals surface area contributed by atoms with Gasteiger partial charge in [-0.05, 0) is 40.0 Å². The van der Waals surface area contributed by atoms with Gasteiger partial charge in [-0.3, -0.25) is 4.79 Å². The molecule has 1 aromatic rings. The minimum Gasteiger partial charge on any atom is -0.493 e. The van der Waals surface area contributed by atoms with Crippen molar-refractivity contribution in [1.82, 2.24) is 0 Å². The first-order valence-corrected chi connectivity index (χ1v) is 7.76. The van der Waals surface area contributed by atoms with Crippen LogP contribution in [0.1, 0.15) is 44.2 Å². The van der Waals surface area contributed by atoms with Gasteiger partial charge in [-0.1, -0.05) is 19.8 Å². The van der Waals surface area contributed by atoms with Crippen LogP contribution in [0.5, 0.6) is 11.5 Å². The fourth-order valence-electron chi connectivity index (χ4n) is 1.93. The smallest absolute Gasteiger partial charge is 0.305 e. The number of hydrogen-bond acceptors (Lipinski definition) is 4. The zero-order valence-corrected chi connectivity index (χ0v) is 14.0. The Morgan fingerprint density at radius 1 is 1.43 bits per heavy atom. The minimum atomic E-state index is -0.933. The number of halogens is 1. The summed E-state index contributed by atoms with van der Waals surface area (Å²) in [6.45, 7) is 2.75. The predicted octanol–water partition coefficient (Wildman–Crippen LogP) is 3.50. The number of carboxylic acid groups (broad SMARTS) is 1. The van der Waals surface area contributed by atoms with Crippen LogP contribution in [0.2, 0.25) is 0 Å². The van der Waals surface area contributed by atoms with E-state index >= 15 is 0 Å². The first-order chi connectivity index (χ1) is 9.99. The van der Waals surface area contributed by atoms with Gasteiger partial charge >= 0.3 is 5.97 Å². The first-order valence-electron chi connectivity index (χ1n) is 6.97. The summed E-state index contributed by atoms with van der Waals surface area (Å²) in [5.41, 5.74) is 6.58. The molecule has 6 heteroatoms. The molecule has 0 aliphatic heterocycles. The summed E-state index contributed by atoms with van der Waals surface area (Å²) in [7, 11) is 1.55. The summed E-state index contributed by atoms with van der Waals surface area (Å²) >= 11 is 3.43. The molecule has 0 radical (unpaired) electrons. The first kappa shape index (κ1) is 17.8. The molecule has 0 aliphatic rings. The Labute approximate surface area is 133 Å². The molecule has 0 heterocycles. The number of rotatable bonds is 9. The lowest BCUT2D eigenvalue weighted by Crippen LogP contribution is -2.15. The number of unbranched alkanes of at least 4 members (excludes halogenated alkanes) is 2. The van der Waals surface area contributed by atoms with Crippen molar-refractivity contribution < 1.29 is 19.4 Å². The fraction of sp³-hybridized carbons (Fsp3) is 0.533. The van der Waals surface area contributed by atoms with E-state index in [0.717, 1.165) is 19.3 Å². The molecule has 0 aliphatic carbocycles. The molecule has 118 valence electrons. The second kappa shape index (κ2) is 8.89. The SMILES string of the molecule is CCCCCOc1c(Br)cc(C(N)CC(=O)O)cc1OC. The van der Waals surface area contributed by atoms with Crippen molar-refractivity contribution in [2.75, 3.05) is 13.7 Å². The van der Waals surface area contributed by atoms with Crippen molar-refractivity contribution in [2.45, 2.75) is 38.6 Å². The number of benzene rings is 1. The summed E-state index contributed by atoms with van der Waals surface area (Å²) < 4.78 is 11.8. The fourth-order valence-corrected chi connectivity index (χ4v) is 2.50. The van der Waals surface area contributed by atoms with Crippen molar-refractivity contribution in [3.63, 3.8) is 0 Å². The molecule has 0 fully saturated rings. The van der Waals surface area contributed by atoms with Gasteiger partial charge in [0.1, 0.15) is 0 Å². The van der Waals surface area contributed by atoms with E-state index < -0.39 is 12.0 Å². The molecule has 0 bridgehead atoms. The molecule has 5 nitrogen and oxygen atoms in total. The number of carbonyl (C=O) groups is 1. The van der Waals surface area contributed by atoms with Crippen LogP contribution < -0.4 is 15.2 Å². The highest BCUT2D eigenvalue weighted by Crippen LogP contribution is 2.38. The lowest BCUT2D eigenvalue weighted by Gasteiger charge is -2.16. The maximum absolute atomic E-state index is 10.7. The van der Waals surface area contributed by atoms with E-state index in [9.17, 15) is 4.79 Å². The van der Waals surface area contributed by atoms with E-state index in [4.69, 9.17) is 20.3 Å². The van der Waals surface area contributed by atoms with Crippen molar-refractivity contribution in [1.29, 1.82) is 0 Å². The van der Waals surface area contributed by atoms with Crippen molar-refractivity contribution in [3.8, 4) is 11.5 Å². The quantitative estimate of drug-likeness (QED) is 0.659. The average molecular weight is 360 g/mol. The van der Waals surface area contributed by atoms with Crippen LogP contribution in [-0.2, 0) is 4.79 Å². The number of nitrogens with two attached hydrogens (primary N) is 1. The van der Waals surface area contributed by atoms with E-state index in [-0.39, 0.29) is 6.42 Å². The number of carboxylic acids is 1. The lowest BCUT2D eigenvalue weighted by molar-refractivity contribution is -0.137. The summed E-state index contributed by atoms with van der Waals surface area (Å²) in [6, 6.07) is 2.93. The molecule has 1 rings (SSSR count). The second-order valence-corrected chi connectivity index (χ2v) is 5.65. The van der Waals surface area contributed by atoms with Gasteiger partial charge in [0.2, 0.25) is 0 Å². The van der Waals surface area contributed by atoms with Gasteiger partial charge in [-0.25, -0.2) is 0 Å². The summed E-state index contributed by atoms with van der Waals surface area (Å²) in [6.07, 6.45) is 3.09. The van der Waals surface area contributed by atoms with Crippen LogP contribution in [0, 0.1) is 0 Å². The zero-order chi connectivity index (χ0) is 15.8. The van der Waals surface area contributed by atoms with Gasteiger partial charge in [-0.15, -0.1) is 0 Å². The average Bonchev–Trinajstić information content (AvgIpc) is 2.43. The van der Waals surface area contributed by atoms with Crippen LogP contribution in [0.4, 0.5) is 0 Å². The van der Waals surface area contributed by atoms with Crippen LogP contribution in [0.25, 0.3) is 0 Å².